The Morgan fingerprint density at radius 1 is 1.54 bits per heavy atom. The molecule has 1 saturated carbocycles. The maximum atomic E-state index is 5.61. The zero-order valence-corrected chi connectivity index (χ0v) is 9.16. The van der Waals surface area contributed by atoms with E-state index < -0.39 is 0 Å². The number of nitrogens with zero attached hydrogens (tertiary/aromatic N) is 1. The van der Waals surface area contributed by atoms with E-state index in [1.165, 1.54) is 31.4 Å². The first-order valence-corrected chi connectivity index (χ1v) is 6.49. The van der Waals surface area contributed by atoms with Crippen LogP contribution in [0.3, 0.4) is 0 Å². The number of nitrogens with two attached hydrogens (primary N) is 1. The first-order chi connectivity index (χ1) is 6.34. The molecule has 0 bridgehead atoms. The molecule has 13 heavy (non-hydrogen) atoms. The van der Waals surface area contributed by atoms with Gasteiger partial charge >= 0.3 is 0 Å². The predicted molar refractivity (Wildman–Crippen MR) is 59.2 cm³/mol. The van der Waals surface area contributed by atoms with Crippen molar-refractivity contribution in [2.24, 2.45) is 5.92 Å². The second kappa shape index (κ2) is 4.33. The Kier molecular flexibility index (Phi) is 3.11. The summed E-state index contributed by atoms with van der Waals surface area (Å²) >= 11 is 3.47. The van der Waals surface area contributed by atoms with Crippen LogP contribution in [-0.4, -0.2) is 10.7 Å². The van der Waals surface area contributed by atoms with E-state index in [1.807, 2.05) is 11.8 Å². The quantitative estimate of drug-likeness (QED) is 0.786. The average Bonchev–Trinajstić information content (AvgIpc) is 2.71. The Balaban J connectivity index is 1.78. The summed E-state index contributed by atoms with van der Waals surface area (Å²) in [4.78, 5) is 4.23. The molecule has 1 heterocycles. The van der Waals surface area contributed by atoms with E-state index in [2.05, 4.69) is 4.98 Å². The highest BCUT2D eigenvalue weighted by atomic mass is 32.2. The molecule has 1 aromatic rings. The normalized spacial score (nSPS) is 18.2. The average molecular weight is 214 g/mol. The molecule has 0 aromatic carbocycles. The van der Waals surface area contributed by atoms with Gasteiger partial charge in [-0.25, -0.2) is 4.98 Å². The molecule has 1 aromatic heterocycles. The largest absolute Gasteiger partial charge is 0.389 e. The van der Waals surface area contributed by atoms with Crippen LogP contribution < -0.4 is 5.73 Å². The lowest BCUT2D eigenvalue weighted by atomic mass is 10.1. The molecule has 1 aliphatic rings. The van der Waals surface area contributed by atoms with Crippen LogP contribution in [0.5, 0.6) is 0 Å². The second-order valence-electron chi connectivity index (χ2n) is 3.49. The van der Waals surface area contributed by atoms with Crippen molar-refractivity contribution >= 4 is 28.1 Å². The van der Waals surface area contributed by atoms with Crippen LogP contribution in [0.4, 0.5) is 5.00 Å². The summed E-state index contributed by atoms with van der Waals surface area (Å²) in [7, 11) is 0. The summed E-state index contributed by atoms with van der Waals surface area (Å²) in [5.74, 6) is 2.16. The van der Waals surface area contributed by atoms with Crippen LogP contribution in [0.25, 0.3) is 0 Å². The SMILES string of the molecule is Nc1cnc(SCC2CCCC2)s1. The van der Waals surface area contributed by atoms with E-state index in [9.17, 15) is 0 Å². The lowest BCUT2D eigenvalue weighted by Gasteiger charge is -2.05. The van der Waals surface area contributed by atoms with Gasteiger partial charge in [0.1, 0.15) is 5.00 Å². The van der Waals surface area contributed by atoms with Gasteiger partial charge in [0.15, 0.2) is 4.34 Å². The lowest BCUT2D eigenvalue weighted by Crippen LogP contribution is -1.95. The van der Waals surface area contributed by atoms with Crippen molar-refractivity contribution in [2.45, 2.75) is 30.0 Å². The van der Waals surface area contributed by atoms with Gasteiger partial charge in [-0.1, -0.05) is 35.9 Å². The zero-order valence-electron chi connectivity index (χ0n) is 7.53. The highest BCUT2D eigenvalue weighted by Gasteiger charge is 2.15. The smallest absolute Gasteiger partial charge is 0.151 e. The monoisotopic (exact) mass is 214 g/mol. The predicted octanol–water partition coefficient (Wildman–Crippen LogP) is 3.01. The molecular formula is C9H14N2S2. The molecule has 4 heteroatoms. The molecular weight excluding hydrogens is 200 g/mol. The van der Waals surface area contributed by atoms with Crippen molar-refractivity contribution in [2.75, 3.05) is 11.5 Å². The Labute approximate surface area is 86.9 Å². The van der Waals surface area contributed by atoms with E-state index in [0.29, 0.717) is 0 Å². The van der Waals surface area contributed by atoms with Gasteiger partial charge < -0.3 is 5.73 Å². The number of hydrogen-bond acceptors (Lipinski definition) is 4. The summed E-state index contributed by atoms with van der Waals surface area (Å²) in [6.07, 6.45) is 7.42. The molecule has 0 spiro atoms. The second-order valence-corrected chi connectivity index (χ2v) is 5.82. The van der Waals surface area contributed by atoms with Crippen LogP contribution in [0.1, 0.15) is 25.7 Å². The summed E-state index contributed by atoms with van der Waals surface area (Å²) in [5, 5.41) is 0.828. The van der Waals surface area contributed by atoms with Crippen molar-refractivity contribution in [1.29, 1.82) is 0 Å². The van der Waals surface area contributed by atoms with E-state index >= 15 is 0 Å². The van der Waals surface area contributed by atoms with Crippen molar-refractivity contribution in [1.82, 2.24) is 4.98 Å². The van der Waals surface area contributed by atoms with Crippen LogP contribution in [0.2, 0.25) is 0 Å². The number of thioether (sulfide) groups is 1. The maximum absolute atomic E-state index is 5.61. The van der Waals surface area contributed by atoms with Gasteiger partial charge in [0.25, 0.3) is 0 Å². The molecule has 0 atom stereocenters. The van der Waals surface area contributed by atoms with E-state index in [4.69, 9.17) is 5.73 Å². The van der Waals surface area contributed by atoms with Gasteiger partial charge in [0, 0.05) is 5.75 Å². The Bertz CT molecular complexity index is 266. The summed E-state index contributed by atoms with van der Waals surface area (Å²) in [6.45, 7) is 0. The summed E-state index contributed by atoms with van der Waals surface area (Å²) in [5.41, 5.74) is 5.61. The molecule has 1 aliphatic carbocycles. The summed E-state index contributed by atoms with van der Waals surface area (Å²) in [6, 6.07) is 0. The van der Waals surface area contributed by atoms with Gasteiger partial charge in [-0.2, -0.15) is 0 Å². The molecule has 2 nitrogen and oxygen atoms in total. The van der Waals surface area contributed by atoms with Crippen LogP contribution in [0, 0.1) is 5.92 Å². The fourth-order valence-corrected chi connectivity index (χ4v) is 3.68. The Morgan fingerprint density at radius 2 is 2.31 bits per heavy atom. The maximum Gasteiger partial charge on any atom is 0.151 e. The standard InChI is InChI=1S/C9H14N2S2/c10-8-5-11-9(13-8)12-6-7-3-1-2-4-7/h5,7H,1-4,6,10H2. The van der Waals surface area contributed by atoms with E-state index in [-0.39, 0.29) is 0 Å². The fourth-order valence-electron chi connectivity index (χ4n) is 1.70. The van der Waals surface area contributed by atoms with Crippen molar-refractivity contribution in [3.8, 4) is 0 Å². The molecule has 72 valence electrons. The van der Waals surface area contributed by atoms with E-state index in [1.54, 1.807) is 17.5 Å². The molecule has 0 amide bonds. The molecule has 0 unspecified atom stereocenters. The topological polar surface area (TPSA) is 38.9 Å². The van der Waals surface area contributed by atoms with Gasteiger partial charge in [0.2, 0.25) is 0 Å². The van der Waals surface area contributed by atoms with Gasteiger partial charge in [-0.15, -0.1) is 0 Å². The number of aromatic nitrogens is 1. The van der Waals surface area contributed by atoms with Crippen LogP contribution >= 0.6 is 23.1 Å². The molecule has 1 fully saturated rings. The zero-order chi connectivity index (χ0) is 9.10. The highest BCUT2D eigenvalue weighted by Crippen LogP contribution is 2.32. The first kappa shape index (κ1) is 9.34. The lowest BCUT2D eigenvalue weighted by molar-refractivity contribution is 0.623. The highest BCUT2D eigenvalue weighted by molar-refractivity contribution is 8.01. The molecule has 0 saturated heterocycles. The Morgan fingerprint density at radius 3 is 2.92 bits per heavy atom. The minimum Gasteiger partial charge on any atom is -0.389 e. The number of rotatable bonds is 3. The molecule has 0 aliphatic heterocycles. The number of thiazole rings is 1. The van der Waals surface area contributed by atoms with Gasteiger partial charge in [-0.3, -0.25) is 0 Å². The number of nitrogen functional groups attached to an aromatic ring is 1. The minimum atomic E-state index is 0.828. The van der Waals surface area contributed by atoms with Gasteiger partial charge in [-0.05, 0) is 18.8 Å². The third kappa shape index (κ3) is 2.61. The van der Waals surface area contributed by atoms with E-state index in [0.717, 1.165) is 15.3 Å². The van der Waals surface area contributed by atoms with Crippen LogP contribution in [0.15, 0.2) is 10.5 Å². The fraction of sp³-hybridized carbons (Fsp3) is 0.667. The minimum absolute atomic E-state index is 0.828. The molecule has 0 radical (unpaired) electrons. The number of anilines is 1. The number of hydrogen-bond donors (Lipinski definition) is 1. The third-order valence-corrected chi connectivity index (χ3v) is 4.63. The molecule has 2 rings (SSSR count). The van der Waals surface area contributed by atoms with Crippen LogP contribution in [-0.2, 0) is 0 Å². The van der Waals surface area contributed by atoms with Crippen molar-refractivity contribution < 1.29 is 0 Å². The first-order valence-electron chi connectivity index (χ1n) is 4.68. The van der Waals surface area contributed by atoms with Gasteiger partial charge in [0.05, 0.1) is 6.20 Å². The molecule has 2 N–H and O–H groups in total. The Hall–Kier alpha value is -0.220. The van der Waals surface area contributed by atoms with Crippen molar-refractivity contribution in [3.05, 3.63) is 6.20 Å². The van der Waals surface area contributed by atoms with Crippen molar-refractivity contribution in [3.63, 3.8) is 0 Å². The third-order valence-electron chi connectivity index (χ3n) is 2.42. The summed E-state index contributed by atoms with van der Waals surface area (Å²) < 4.78 is 1.13.